The van der Waals surface area contributed by atoms with E-state index >= 15 is 0 Å². The molecule has 2 aromatic carbocycles. The predicted molar refractivity (Wildman–Crippen MR) is 109 cm³/mol. The van der Waals surface area contributed by atoms with Crippen LogP contribution in [0.4, 0.5) is 5.69 Å². The van der Waals surface area contributed by atoms with Crippen LogP contribution >= 0.6 is 0 Å². The maximum atomic E-state index is 12.6. The van der Waals surface area contributed by atoms with Crippen LogP contribution in [0.3, 0.4) is 0 Å². The molecule has 0 radical (unpaired) electrons. The second-order valence-electron chi connectivity index (χ2n) is 7.09. The van der Waals surface area contributed by atoms with Crippen molar-refractivity contribution in [3.8, 4) is 5.75 Å². The van der Waals surface area contributed by atoms with E-state index in [1.165, 1.54) is 12.1 Å². The number of likely N-dealkylation sites (tertiary alicyclic amines) is 1. The largest absolute Gasteiger partial charge is 0.494 e. The molecule has 0 aromatic heterocycles. The summed E-state index contributed by atoms with van der Waals surface area (Å²) in [4.78, 5) is 14.6. The number of carbonyl (C=O) groups excluding carboxylic acids is 1. The van der Waals surface area contributed by atoms with Gasteiger partial charge in [0, 0.05) is 24.3 Å². The fraction of sp³-hybridized carbons (Fsp3) is 0.381. The van der Waals surface area contributed by atoms with Gasteiger partial charge in [0.2, 0.25) is 0 Å². The Hall–Kier alpha value is -2.54. The summed E-state index contributed by atoms with van der Waals surface area (Å²) in [5.74, 6) is 1.13. The highest BCUT2D eigenvalue weighted by molar-refractivity contribution is 7.92. The third-order valence-electron chi connectivity index (χ3n) is 4.77. The molecule has 2 aromatic rings. The van der Waals surface area contributed by atoms with Crippen LogP contribution in [0.5, 0.6) is 5.75 Å². The van der Waals surface area contributed by atoms with E-state index in [1.807, 2.05) is 11.8 Å². The van der Waals surface area contributed by atoms with Crippen molar-refractivity contribution >= 4 is 21.6 Å². The number of sulfonamides is 1. The highest BCUT2D eigenvalue weighted by Crippen LogP contribution is 2.21. The van der Waals surface area contributed by atoms with Crippen LogP contribution in [0.25, 0.3) is 0 Å². The summed E-state index contributed by atoms with van der Waals surface area (Å²) in [6.07, 6.45) is 2.17. The number of ether oxygens (including phenoxy) is 1. The second kappa shape index (κ2) is 8.65. The highest BCUT2D eigenvalue weighted by Gasteiger charge is 2.22. The molecule has 1 N–H and O–H groups in total. The van der Waals surface area contributed by atoms with Crippen LogP contribution in [0.15, 0.2) is 53.4 Å². The summed E-state index contributed by atoms with van der Waals surface area (Å²) >= 11 is 0. The zero-order valence-corrected chi connectivity index (χ0v) is 17.0. The minimum Gasteiger partial charge on any atom is -0.494 e. The zero-order chi connectivity index (χ0) is 20.1. The van der Waals surface area contributed by atoms with Gasteiger partial charge in [-0.05, 0) is 74.2 Å². The van der Waals surface area contributed by atoms with Gasteiger partial charge in [-0.3, -0.25) is 9.52 Å². The average Bonchev–Trinajstić information content (AvgIpc) is 2.68. The quantitative estimate of drug-likeness (QED) is 0.798. The van der Waals surface area contributed by atoms with Gasteiger partial charge >= 0.3 is 0 Å². The molecule has 1 saturated heterocycles. The van der Waals surface area contributed by atoms with Crippen LogP contribution in [-0.2, 0) is 10.0 Å². The van der Waals surface area contributed by atoms with Crippen molar-refractivity contribution in [1.29, 1.82) is 0 Å². The zero-order valence-electron chi connectivity index (χ0n) is 16.2. The highest BCUT2D eigenvalue weighted by atomic mass is 32.2. The smallest absolute Gasteiger partial charge is 0.261 e. The molecule has 1 heterocycles. The molecule has 0 bridgehead atoms. The Bertz CT molecular complexity index is 908. The number of hydrogen-bond donors (Lipinski definition) is 1. The first-order valence-corrected chi connectivity index (χ1v) is 11.0. The van der Waals surface area contributed by atoms with E-state index in [1.54, 1.807) is 36.4 Å². The summed E-state index contributed by atoms with van der Waals surface area (Å²) in [6, 6.07) is 12.8. The molecule has 7 heteroatoms. The third-order valence-corrected chi connectivity index (χ3v) is 6.17. The van der Waals surface area contributed by atoms with Crippen LogP contribution in [-0.4, -0.2) is 38.9 Å². The molecule has 6 nitrogen and oxygen atoms in total. The van der Waals surface area contributed by atoms with E-state index in [-0.39, 0.29) is 10.8 Å². The molecule has 1 aliphatic heterocycles. The minimum atomic E-state index is -3.71. The Morgan fingerprint density at radius 1 is 1.14 bits per heavy atom. The molecule has 1 unspecified atom stereocenters. The molecule has 150 valence electrons. The van der Waals surface area contributed by atoms with Crippen LogP contribution < -0.4 is 9.46 Å². The normalized spacial score (nSPS) is 17.2. The first-order chi connectivity index (χ1) is 13.4. The van der Waals surface area contributed by atoms with Crippen molar-refractivity contribution in [2.45, 2.75) is 31.6 Å². The molecule has 3 rings (SSSR count). The molecular formula is C21H26N2O4S. The van der Waals surface area contributed by atoms with Crippen LogP contribution in [0.2, 0.25) is 0 Å². The third kappa shape index (κ3) is 4.84. The summed E-state index contributed by atoms with van der Waals surface area (Å²) in [6.45, 7) is 6.08. The SMILES string of the molecule is CCOc1ccc(S(=O)(=O)Nc2ccc(C(=O)N3CCCC(C)C3)cc2)cc1. The maximum absolute atomic E-state index is 12.6. The van der Waals surface area contributed by atoms with Gasteiger partial charge in [-0.25, -0.2) is 8.42 Å². The Morgan fingerprint density at radius 2 is 1.82 bits per heavy atom. The molecule has 0 saturated carbocycles. The number of nitrogens with one attached hydrogen (secondary N) is 1. The van der Waals surface area contributed by atoms with Crippen molar-refractivity contribution < 1.29 is 17.9 Å². The molecule has 1 aliphatic rings. The van der Waals surface area contributed by atoms with Gasteiger partial charge in [-0.2, -0.15) is 0 Å². The standard InChI is InChI=1S/C21H26N2O4S/c1-3-27-19-10-12-20(13-11-19)28(25,26)22-18-8-6-17(7-9-18)21(24)23-14-4-5-16(2)15-23/h6-13,16,22H,3-5,14-15H2,1-2H3. The second-order valence-corrected chi connectivity index (χ2v) is 8.77. The number of carbonyl (C=O) groups is 1. The lowest BCUT2D eigenvalue weighted by atomic mass is 9.99. The molecule has 0 aliphatic carbocycles. The number of benzene rings is 2. The fourth-order valence-corrected chi connectivity index (χ4v) is 4.39. The monoisotopic (exact) mass is 402 g/mol. The maximum Gasteiger partial charge on any atom is 0.261 e. The topological polar surface area (TPSA) is 75.7 Å². The predicted octanol–water partition coefficient (Wildman–Crippen LogP) is 3.76. The Balaban J connectivity index is 1.68. The van der Waals surface area contributed by atoms with Gasteiger partial charge in [0.15, 0.2) is 0 Å². The van der Waals surface area contributed by atoms with Crippen molar-refractivity contribution in [1.82, 2.24) is 4.90 Å². The minimum absolute atomic E-state index is 0.00697. The Kier molecular flexibility index (Phi) is 6.24. The number of rotatable bonds is 6. The van der Waals surface area contributed by atoms with Crippen molar-refractivity contribution in [3.05, 3.63) is 54.1 Å². The number of anilines is 1. The Morgan fingerprint density at radius 3 is 2.43 bits per heavy atom. The van der Waals surface area contributed by atoms with E-state index in [0.29, 0.717) is 29.5 Å². The molecule has 1 atom stereocenters. The molecule has 0 spiro atoms. The van der Waals surface area contributed by atoms with Gasteiger partial charge < -0.3 is 9.64 Å². The lowest BCUT2D eigenvalue weighted by molar-refractivity contribution is 0.0683. The van der Waals surface area contributed by atoms with Gasteiger partial charge in [0.1, 0.15) is 5.75 Å². The molecule has 1 amide bonds. The van der Waals surface area contributed by atoms with E-state index in [4.69, 9.17) is 4.74 Å². The summed E-state index contributed by atoms with van der Waals surface area (Å²) in [7, 11) is -3.71. The van der Waals surface area contributed by atoms with Crippen LogP contribution in [0, 0.1) is 5.92 Å². The van der Waals surface area contributed by atoms with Gasteiger partial charge in [-0.1, -0.05) is 6.92 Å². The fourth-order valence-electron chi connectivity index (χ4n) is 3.33. The van der Waals surface area contributed by atoms with Crippen molar-refractivity contribution in [2.24, 2.45) is 5.92 Å². The van der Waals surface area contributed by atoms with Gasteiger partial charge in [0.25, 0.3) is 15.9 Å². The van der Waals surface area contributed by atoms with Gasteiger partial charge in [-0.15, -0.1) is 0 Å². The van der Waals surface area contributed by atoms with E-state index < -0.39 is 10.0 Å². The average molecular weight is 403 g/mol. The lowest BCUT2D eigenvalue weighted by Gasteiger charge is -2.31. The van der Waals surface area contributed by atoms with Gasteiger partial charge in [0.05, 0.1) is 11.5 Å². The molecule has 1 fully saturated rings. The van der Waals surface area contributed by atoms with Crippen LogP contribution in [0.1, 0.15) is 37.0 Å². The van der Waals surface area contributed by atoms with Crippen molar-refractivity contribution in [3.63, 3.8) is 0 Å². The van der Waals surface area contributed by atoms with E-state index in [2.05, 4.69) is 11.6 Å². The molecular weight excluding hydrogens is 376 g/mol. The first-order valence-electron chi connectivity index (χ1n) is 9.54. The van der Waals surface area contributed by atoms with E-state index in [9.17, 15) is 13.2 Å². The first kappa shape index (κ1) is 20.2. The number of piperidine rings is 1. The Labute approximate surface area is 166 Å². The lowest BCUT2D eigenvalue weighted by Crippen LogP contribution is -2.39. The number of amides is 1. The summed E-state index contributed by atoms with van der Waals surface area (Å²) < 4.78 is 33.0. The summed E-state index contributed by atoms with van der Waals surface area (Å²) in [5, 5.41) is 0. The number of nitrogens with zero attached hydrogens (tertiary/aromatic N) is 1. The molecule has 28 heavy (non-hydrogen) atoms. The number of hydrogen-bond acceptors (Lipinski definition) is 4. The summed E-state index contributed by atoms with van der Waals surface area (Å²) in [5.41, 5.74) is 0.982. The van der Waals surface area contributed by atoms with E-state index in [0.717, 1.165) is 25.9 Å². The van der Waals surface area contributed by atoms with Crippen molar-refractivity contribution in [2.75, 3.05) is 24.4 Å².